The molecule has 0 saturated carbocycles. The van der Waals surface area contributed by atoms with Crippen LogP contribution in [0.2, 0.25) is 0 Å². The van der Waals surface area contributed by atoms with Crippen LogP contribution in [0.15, 0.2) is 47.4 Å². The molecular formula is C14H16N2O4S. The van der Waals surface area contributed by atoms with Crippen LogP contribution in [0.25, 0.3) is 0 Å². The van der Waals surface area contributed by atoms with E-state index >= 15 is 0 Å². The van der Waals surface area contributed by atoms with Gasteiger partial charge in [0.15, 0.2) is 0 Å². The Balaban J connectivity index is 2.18. The molecule has 0 radical (unpaired) electrons. The van der Waals surface area contributed by atoms with Gasteiger partial charge in [0.05, 0.1) is 10.9 Å². The molecule has 2 aromatic carbocycles. The van der Waals surface area contributed by atoms with E-state index in [1.165, 1.54) is 24.3 Å². The smallest absolute Gasteiger partial charge is 0.238 e. The third-order valence-corrected chi connectivity index (χ3v) is 3.98. The predicted molar refractivity (Wildman–Crippen MR) is 79.6 cm³/mol. The topological polar surface area (TPSA) is 113 Å². The van der Waals surface area contributed by atoms with Crippen molar-refractivity contribution in [1.29, 1.82) is 0 Å². The molecule has 0 aliphatic carbocycles. The number of sulfonamides is 1. The van der Waals surface area contributed by atoms with Crippen molar-refractivity contribution in [3.8, 4) is 11.5 Å². The van der Waals surface area contributed by atoms with Crippen LogP contribution < -0.4 is 10.5 Å². The fourth-order valence-electron chi connectivity index (χ4n) is 1.97. The summed E-state index contributed by atoms with van der Waals surface area (Å²) in [5, 5.41) is 27.2. The highest BCUT2D eigenvalue weighted by molar-refractivity contribution is 7.89. The summed E-state index contributed by atoms with van der Waals surface area (Å²) in [6.07, 6.45) is 0. The molecule has 5 N–H and O–H groups in total. The van der Waals surface area contributed by atoms with E-state index in [-0.39, 0.29) is 22.4 Å². The highest BCUT2D eigenvalue weighted by Crippen LogP contribution is 2.30. The maximum Gasteiger partial charge on any atom is 0.238 e. The summed E-state index contributed by atoms with van der Waals surface area (Å²) >= 11 is 0. The summed E-state index contributed by atoms with van der Waals surface area (Å²) in [6, 6.07) is 10.1. The Morgan fingerprint density at radius 1 is 1.10 bits per heavy atom. The highest BCUT2D eigenvalue weighted by Gasteiger charge is 2.12. The van der Waals surface area contributed by atoms with Crippen LogP contribution in [0.5, 0.6) is 11.5 Å². The van der Waals surface area contributed by atoms with Crippen molar-refractivity contribution in [3.05, 3.63) is 48.0 Å². The molecule has 7 heteroatoms. The molecule has 1 unspecified atom stereocenters. The maximum atomic E-state index is 11.2. The number of hydrogen-bond donors (Lipinski definition) is 4. The number of anilines is 1. The monoisotopic (exact) mass is 308 g/mol. The molecule has 0 aromatic heterocycles. The molecule has 1 atom stereocenters. The van der Waals surface area contributed by atoms with Gasteiger partial charge in [0.25, 0.3) is 0 Å². The first-order valence-corrected chi connectivity index (χ1v) is 7.73. The zero-order chi connectivity index (χ0) is 15.6. The second-order valence-electron chi connectivity index (χ2n) is 4.68. The summed E-state index contributed by atoms with van der Waals surface area (Å²) < 4.78 is 22.3. The van der Waals surface area contributed by atoms with Gasteiger partial charge < -0.3 is 15.5 Å². The van der Waals surface area contributed by atoms with Crippen LogP contribution in [0.4, 0.5) is 5.69 Å². The average Bonchev–Trinajstić information content (AvgIpc) is 2.38. The Hall–Kier alpha value is -2.25. The Kier molecular flexibility index (Phi) is 4.06. The molecule has 112 valence electrons. The number of primary sulfonamides is 1. The molecular weight excluding hydrogens is 292 g/mol. The van der Waals surface area contributed by atoms with Gasteiger partial charge in [-0.3, -0.25) is 0 Å². The third-order valence-electron chi connectivity index (χ3n) is 3.05. The largest absolute Gasteiger partial charge is 0.508 e. The number of rotatable bonds is 4. The van der Waals surface area contributed by atoms with Gasteiger partial charge in [-0.1, -0.05) is 0 Å². The number of benzene rings is 2. The normalized spacial score (nSPS) is 12.9. The average molecular weight is 308 g/mol. The van der Waals surface area contributed by atoms with E-state index in [0.29, 0.717) is 11.3 Å². The highest BCUT2D eigenvalue weighted by atomic mass is 32.2. The second-order valence-corrected chi connectivity index (χ2v) is 6.24. The van der Waals surface area contributed by atoms with Crippen molar-refractivity contribution >= 4 is 15.7 Å². The molecule has 21 heavy (non-hydrogen) atoms. The third kappa shape index (κ3) is 3.65. The van der Waals surface area contributed by atoms with Crippen LogP contribution >= 0.6 is 0 Å². The minimum atomic E-state index is -3.71. The summed E-state index contributed by atoms with van der Waals surface area (Å²) in [5.41, 5.74) is 1.30. The molecule has 6 nitrogen and oxygen atoms in total. The van der Waals surface area contributed by atoms with Crippen molar-refractivity contribution in [2.24, 2.45) is 5.14 Å². The lowest BCUT2D eigenvalue weighted by atomic mass is 10.1. The zero-order valence-corrected chi connectivity index (χ0v) is 12.1. The van der Waals surface area contributed by atoms with Gasteiger partial charge >= 0.3 is 0 Å². The van der Waals surface area contributed by atoms with Crippen molar-refractivity contribution in [1.82, 2.24) is 0 Å². The molecule has 0 aliphatic rings. The maximum absolute atomic E-state index is 11.2. The number of hydrogen-bond acceptors (Lipinski definition) is 5. The van der Waals surface area contributed by atoms with Crippen LogP contribution in [-0.2, 0) is 10.0 Å². The van der Waals surface area contributed by atoms with Gasteiger partial charge in [0, 0.05) is 17.3 Å². The van der Waals surface area contributed by atoms with Crippen molar-refractivity contribution in [3.63, 3.8) is 0 Å². The van der Waals surface area contributed by atoms with Crippen LogP contribution in [-0.4, -0.2) is 18.6 Å². The number of nitrogens with two attached hydrogens (primary N) is 1. The molecule has 0 heterocycles. The Morgan fingerprint density at radius 2 is 1.71 bits per heavy atom. The van der Waals surface area contributed by atoms with Crippen LogP contribution in [0.1, 0.15) is 18.5 Å². The number of aromatic hydroxyl groups is 2. The van der Waals surface area contributed by atoms with Gasteiger partial charge in [-0.2, -0.15) is 0 Å². The first kappa shape index (κ1) is 15.1. The van der Waals surface area contributed by atoms with Gasteiger partial charge in [-0.15, -0.1) is 0 Å². The standard InChI is InChI=1S/C14H16N2O4S/c1-9(13-7-4-11(17)8-14(13)18)16-10-2-5-12(6-3-10)21(15,19)20/h2-9,16-18H,1H3,(H2,15,19,20). The van der Waals surface area contributed by atoms with Crippen molar-refractivity contribution in [2.45, 2.75) is 17.9 Å². The second kappa shape index (κ2) is 5.63. The van der Waals surface area contributed by atoms with E-state index < -0.39 is 10.0 Å². The minimum Gasteiger partial charge on any atom is -0.508 e. The zero-order valence-electron chi connectivity index (χ0n) is 11.3. The van der Waals surface area contributed by atoms with E-state index in [9.17, 15) is 18.6 Å². The summed E-state index contributed by atoms with van der Waals surface area (Å²) in [6.45, 7) is 1.83. The first-order chi connectivity index (χ1) is 9.77. The van der Waals surface area contributed by atoms with Crippen molar-refractivity contribution < 1.29 is 18.6 Å². The lowest BCUT2D eigenvalue weighted by molar-refractivity contribution is 0.444. The first-order valence-electron chi connectivity index (χ1n) is 6.18. The Bertz CT molecular complexity index is 742. The van der Waals surface area contributed by atoms with Crippen molar-refractivity contribution in [2.75, 3.05) is 5.32 Å². The lowest BCUT2D eigenvalue weighted by Crippen LogP contribution is -2.12. The van der Waals surface area contributed by atoms with E-state index in [4.69, 9.17) is 5.14 Å². The molecule has 0 aliphatic heterocycles. The number of phenolic OH excluding ortho intramolecular Hbond substituents is 2. The molecule has 2 aromatic rings. The summed E-state index contributed by atoms with van der Waals surface area (Å²) in [5.74, 6) is -0.0305. The van der Waals surface area contributed by atoms with Crippen LogP contribution in [0.3, 0.4) is 0 Å². The van der Waals surface area contributed by atoms with E-state index in [0.717, 1.165) is 0 Å². The van der Waals surface area contributed by atoms with Gasteiger partial charge in [-0.25, -0.2) is 13.6 Å². The van der Waals surface area contributed by atoms with Gasteiger partial charge in [0.2, 0.25) is 10.0 Å². The van der Waals surface area contributed by atoms with E-state index in [1.807, 2.05) is 6.92 Å². The summed E-state index contributed by atoms with van der Waals surface area (Å²) in [4.78, 5) is 0.0354. The van der Waals surface area contributed by atoms with Gasteiger partial charge in [-0.05, 0) is 43.3 Å². The van der Waals surface area contributed by atoms with Crippen LogP contribution in [0, 0.1) is 0 Å². The lowest BCUT2D eigenvalue weighted by Gasteiger charge is -2.17. The predicted octanol–water partition coefficient (Wildman–Crippen LogP) is 1.92. The molecule has 2 rings (SSSR count). The Morgan fingerprint density at radius 3 is 2.24 bits per heavy atom. The van der Waals surface area contributed by atoms with Gasteiger partial charge in [0.1, 0.15) is 11.5 Å². The number of phenols is 2. The Labute approximate surface area is 122 Å². The van der Waals surface area contributed by atoms with E-state index in [1.54, 1.807) is 18.2 Å². The minimum absolute atomic E-state index is 0.0130. The molecule has 0 fully saturated rings. The SMILES string of the molecule is CC(Nc1ccc(S(N)(=O)=O)cc1)c1ccc(O)cc1O. The fraction of sp³-hybridized carbons (Fsp3) is 0.143. The molecule has 0 amide bonds. The molecule has 0 spiro atoms. The quantitative estimate of drug-likeness (QED) is 0.689. The number of nitrogens with one attached hydrogen (secondary N) is 1. The molecule has 0 saturated heterocycles. The van der Waals surface area contributed by atoms with E-state index in [2.05, 4.69) is 5.32 Å². The summed E-state index contributed by atoms with van der Waals surface area (Å²) in [7, 11) is -3.71. The molecule has 0 bridgehead atoms. The fourth-order valence-corrected chi connectivity index (χ4v) is 2.48.